The van der Waals surface area contributed by atoms with Crippen LogP contribution in [0.2, 0.25) is 0 Å². The summed E-state index contributed by atoms with van der Waals surface area (Å²) in [7, 11) is 23.5. The number of hydrogen-bond donors (Lipinski definition) is 0. The van der Waals surface area contributed by atoms with Crippen LogP contribution in [0.4, 0.5) is 22.7 Å². The van der Waals surface area contributed by atoms with E-state index < -0.39 is 35.2 Å². The molecule has 0 spiro atoms. The number of benzene rings is 11. The second-order valence-corrected chi connectivity index (χ2v) is 40.3. The molecule has 572 valence electrons. The molecule has 0 N–H and O–H groups in total. The van der Waals surface area contributed by atoms with Crippen LogP contribution >= 0.6 is 46.9 Å². The van der Waals surface area contributed by atoms with Crippen molar-refractivity contribution in [2.75, 3.05) is 45.8 Å². The molecular formula is C96H107Cl4N5OPRu2-. The molecule has 0 atom stereocenters. The van der Waals surface area contributed by atoms with Crippen LogP contribution in [0.25, 0.3) is 11.1 Å². The number of hydrogen-bond acceptors (Lipinski definition) is 6. The summed E-state index contributed by atoms with van der Waals surface area (Å²) in [6.45, 7) is 38.9. The molecule has 11 aromatic carbocycles. The van der Waals surface area contributed by atoms with Crippen molar-refractivity contribution in [3.63, 3.8) is 0 Å². The SMILES string of the molecule is C.C.CC#N.Cc1cc(C)c(N2[CH-]N(c3c(C)cc(C)cc3C)CC2)c(C)c1.Cc1cc(C)c(N2[CH-]N(c3c(C)cc(C)cc3C)CC2)c(C)c1.[2H]CC.[Cl][Ru]([Cl])=[C]1C=C(c2ccccc2)c2ccccc21.[Cl][Ru]([Cl])=[C]1C=C(c2ccccc2)c2ccccc21.c1ccc(O[PH+](c2ccccc2)c2ccccc2)cc1. The molecule has 2 saturated heterocycles. The van der Waals surface area contributed by atoms with Crippen LogP contribution in [0.5, 0.6) is 5.75 Å². The average molecular weight is 1720 g/mol. The minimum Gasteiger partial charge on any atom is -0.342 e. The maximum atomic E-state index is 7.32. The number of para-hydroxylation sites is 1. The van der Waals surface area contributed by atoms with E-state index in [-0.39, 0.29) is 14.9 Å². The molecule has 2 fully saturated rings. The largest absolute Gasteiger partial charge is 0.342 e. The number of halogens is 4. The Kier molecular flexibility index (Phi) is 34.1. The maximum absolute atomic E-state index is 7.32. The van der Waals surface area contributed by atoms with Crippen molar-refractivity contribution >= 4 is 99.6 Å². The maximum Gasteiger partial charge on any atom is 0.242 e. The van der Waals surface area contributed by atoms with E-state index in [0.717, 1.165) is 40.1 Å². The van der Waals surface area contributed by atoms with Gasteiger partial charge >= 0.3 is 240 Å². The standard InChI is InChI=1S/2C21H27N2.C18H15OP.2C15H10.C2H3N.C2H6.2CH4.4ClH.2Ru/c2*1-14-9-16(3)20(17(4)10-14)22-7-8-23(13-22)21-18(5)11-15(2)12-19(21)6;1-4-10-16(11-5-1)19-20(17-12-6-2-7-13-17)18-14-8-3-9-15-18;2*1-2-6-12(7-3-1)15-11-10-13-8-4-5-9-14(13)15;1-2-3;1-2;;;;;;;;/h2*9-13H,7-8H2,1-6H3;1-15H;2*1-9,11H;1H3;1-2H3;2*1H4;4*1H;;/q2*-1;;;;;;;;;;;;2*+2/p-3/i;;;;;;1D;;;;;;;;. The summed E-state index contributed by atoms with van der Waals surface area (Å²) in [5.74, 6) is 0.925. The van der Waals surface area contributed by atoms with Gasteiger partial charge < -0.3 is 24.1 Å². The second kappa shape index (κ2) is 43.0. The van der Waals surface area contributed by atoms with Gasteiger partial charge in [0, 0.05) is 57.2 Å². The third kappa shape index (κ3) is 23.1. The Balaban J connectivity index is 0.000000187. The molecule has 0 saturated carbocycles. The van der Waals surface area contributed by atoms with Gasteiger partial charge in [-0.25, -0.2) is 0 Å². The van der Waals surface area contributed by atoms with E-state index in [4.69, 9.17) is 49.9 Å². The summed E-state index contributed by atoms with van der Waals surface area (Å²) in [6.07, 6.45) is 4.30. The monoisotopic (exact) mass is 1720 g/mol. The molecule has 2 heterocycles. The number of nitriles is 1. The van der Waals surface area contributed by atoms with Gasteiger partial charge in [-0.05, 0) is 164 Å². The van der Waals surface area contributed by atoms with Gasteiger partial charge in [0.25, 0.3) is 0 Å². The number of anilines is 4. The Hall–Kier alpha value is -8.03. The van der Waals surface area contributed by atoms with Crippen LogP contribution < -0.4 is 34.7 Å². The average Bonchev–Trinajstić information content (AvgIpc) is 1.64. The van der Waals surface area contributed by atoms with Gasteiger partial charge in [-0.3, -0.25) is 0 Å². The number of fused-ring (bicyclic) bond motifs is 2. The first-order valence-electron chi connectivity index (χ1n) is 36.6. The van der Waals surface area contributed by atoms with Crippen molar-refractivity contribution in [2.45, 2.75) is 119 Å². The van der Waals surface area contributed by atoms with Crippen LogP contribution in [0.3, 0.4) is 0 Å². The first-order chi connectivity index (χ1) is 52.0. The van der Waals surface area contributed by atoms with E-state index in [1.165, 1.54) is 152 Å². The van der Waals surface area contributed by atoms with Gasteiger partial charge in [-0.1, -0.05) is 154 Å². The molecule has 15 rings (SSSR count). The molecule has 4 aliphatic rings. The fourth-order valence-corrected chi connectivity index (χ4v) is 21.5. The quantitative estimate of drug-likeness (QED) is 0.0772. The van der Waals surface area contributed by atoms with Crippen LogP contribution in [-0.4, -0.2) is 34.4 Å². The van der Waals surface area contributed by atoms with E-state index in [9.17, 15) is 0 Å². The van der Waals surface area contributed by atoms with E-state index in [2.05, 4.69) is 286 Å². The molecule has 0 amide bonds. The molecule has 109 heavy (non-hydrogen) atoms. The normalized spacial score (nSPS) is 13.1. The zero-order chi connectivity index (χ0) is 77.6. The first-order valence-corrected chi connectivity index (χ1v) is 48.0. The summed E-state index contributed by atoms with van der Waals surface area (Å²) >= 11 is -3.76. The Morgan fingerprint density at radius 1 is 0.376 bits per heavy atom. The molecular weight excluding hydrogens is 1610 g/mol. The predicted octanol–water partition coefficient (Wildman–Crippen LogP) is 25.8. The molecule has 13 heteroatoms. The van der Waals surface area contributed by atoms with Crippen LogP contribution in [0.1, 0.15) is 137 Å². The molecule has 0 aromatic heterocycles. The molecule has 11 aromatic rings. The van der Waals surface area contributed by atoms with E-state index in [0.29, 0.717) is 6.90 Å². The zero-order valence-electron chi connectivity index (χ0n) is 64.9. The van der Waals surface area contributed by atoms with Crippen LogP contribution in [0, 0.1) is 108 Å². The van der Waals surface area contributed by atoms with Crippen molar-refractivity contribution < 1.29 is 32.9 Å². The first kappa shape index (κ1) is 86.6. The summed E-state index contributed by atoms with van der Waals surface area (Å²) < 4.78 is 14.7. The van der Waals surface area contributed by atoms with Gasteiger partial charge in [-0.15, -0.1) is 0 Å². The minimum atomic E-state index is -1.88. The van der Waals surface area contributed by atoms with Gasteiger partial charge in [0.05, 0.1) is 6.07 Å². The predicted molar refractivity (Wildman–Crippen MR) is 476 cm³/mol. The third-order valence-electron chi connectivity index (χ3n) is 18.4. The van der Waals surface area contributed by atoms with E-state index in [1.54, 1.807) is 13.0 Å². The number of rotatable bonds is 10. The molecule has 2 aliphatic heterocycles. The smallest absolute Gasteiger partial charge is 0.242 e. The Bertz CT molecular complexity index is 4520. The van der Waals surface area contributed by atoms with Gasteiger partial charge in [-0.2, -0.15) is 18.6 Å². The Morgan fingerprint density at radius 2 is 0.596 bits per heavy atom. The summed E-state index contributed by atoms with van der Waals surface area (Å²) in [6, 6.07) is 88.3. The fraction of sp³-hybridized carbons (Fsp3) is 0.219. The van der Waals surface area contributed by atoms with Crippen LogP contribution in [0.15, 0.2) is 261 Å². The molecule has 0 unspecified atom stereocenters. The molecule has 6 nitrogen and oxygen atoms in total. The third-order valence-corrected chi connectivity index (χ3v) is 26.8. The van der Waals surface area contributed by atoms with Crippen molar-refractivity contribution in [3.05, 3.63) is 374 Å². The van der Waals surface area contributed by atoms with Gasteiger partial charge in [0.15, 0.2) is 5.75 Å². The molecule has 2 aliphatic carbocycles. The van der Waals surface area contributed by atoms with Crippen molar-refractivity contribution in [1.82, 2.24) is 0 Å². The van der Waals surface area contributed by atoms with Crippen molar-refractivity contribution in [2.24, 2.45) is 0 Å². The molecule has 0 bridgehead atoms. The Morgan fingerprint density at radius 3 is 0.844 bits per heavy atom. The minimum absolute atomic E-state index is 0. The summed E-state index contributed by atoms with van der Waals surface area (Å²) in [5.41, 5.74) is 31.4. The van der Waals surface area contributed by atoms with Crippen molar-refractivity contribution in [3.8, 4) is 11.8 Å². The summed E-state index contributed by atoms with van der Waals surface area (Å²) in [4.78, 5) is 9.62. The number of nitrogens with zero attached hydrogens (tertiary/aromatic N) is 5. The van der Waals surface area contributed by atoms with Crippen molar-refractivity contribution in [1.29, 1.82) is 5.26 Å². The zero-order valence-corrected chi connectivity index (χ0v) is 71.4. The van der Waals surface area contributed by atoms with E-state index in [1.807, 2.05) is 91.0 Å². The topological polar surface area (TPSA) is 46.0 Å². The van der Waals surface area contributed by atoms with Crippen LogP contribution in [-0.2, 0) is 27.0 Å². The Labute approximate surface area is 682 Å². The summed E-state index contributed by atoms with van der Waals surface area (Å²) in [5, 5.41) is 9.83. The van der Waals surface area contributed by atoms with Gasteiger partial charge in [0.1, 0.15) is 10.6 Å². The second-order valence-electron chi connectivity index (χ2n) is 26.7. The molecule has 0 radical (unpaired) electrons. The fourth-order valence-electron chi connectivity index (χ4n) is 14.6. The number of aryl methyl sites for hydroxylation is 12. The number of allylic oxidation sites excluding steroid dienone is 2. The van der Waals surface area contributed by atoms with E-state index >= 15 is 0 Å². The van der Waals surface area contributed by atoms with Gasteiger partial charge in [0.2, 0.25) is 8.15 Å².